The smallest absolute Gasteiger partial charge is 0.298 e. The molecule has 0 amide bonds. The third-order valence-electron chi connectivity index (χ3n) is 3.69. The maximum atomic E-state index is 11.0. The van der Waals surface area contributed by atoms with E-state index < -0.39 is 4.92 Å². The van der Waals surface area contributed by atoms with Crippen molar-refractivity contribution in [3.63, 3.8) is 0 Å². The number of oxime groups is 1. The van der Waals surface area contributed by atoms with Crippen molar-refractivity contribution in [3.05, 3.63) is 27.9 Å². The second kappa shape index (κ2) is 5.92. The van der Waals surface area contributed by atoms with E-state index in [1.165, 1.54) is 6.07 Å². The number of rotatable bonds is 3. The summed E-state index contributed by atoms with van der Waals surface area (Å²) in [6, 6.07) is 3.27. The minimum atomic E-state index is -0.600. The number of nitrogens with two attached hydrogens (primary N) is 1. The summed E-state index contributed by atoms with van der Waals surface area (Å²) in [6.07, 6.45) is 0. The number of hydrogen-bond donors (Lipinski definition) is 2. The van der Waals surface area contributed by atoms with Gasteiger partial charge in [-0.1, -0.05) is 5.16 Å². The molecule has 1 fully saturated rings. The van der Waals surface area contributed by atoms with E-state index >= 15 is 0 Å². The third-order valence-corrected chi connectivity index (χ3v) is 3.69. The first-order valence-electron chi connectivity index (χ1n) is 6.52. The number of hydrogen-bond acceptors (Lipinski definition) is 7. The van der Waals surface area contributed by atoms with Crippen LogP contribution in [0.4, 0.5) is 11.5 Å². The quantitative estimate of drug-likeness (QED) is 0.269. The summed E-state index contributed by atoms with van der Waals surface area (Å²) in [5.74, 6) is 0.216. The van der Waals surface area contributed by atoms with Gasteiger partial charge in [0, 0.05) is 31.7 Å². The molecule has 21 heavy (non-hydrogen) atoms. The van der Waals surface area contributed by atoms with Crippen LogP contribution in [0.15, 0.2) is 17.3 Å². The molecule has 1 aliphatic rings. The minimum absolute atomic E-state index is 0.119. The van der Waals surface area contributed by atoms with Gasteiger partial charge in [-0.15, -0.1) is 0 Å². The predicted octanol–water partition coefficient (Wildman–Crippen LogP) is 0.225. The fraction of sp³-hybridized carbons (Fsp3) is 0.500. The average Bonchev–Trinajstić information content (AvgIpc) is 2.48. The van der Waals surface area contributed by atoms with Crippen LogP contribution in [0.2, 0.25) is 0 Å². The summed E-state index contributed by atoms with van der Waals surface area (Å²) in [5.41, 5.74) is 5.09. The van der Waals surface area contributed by atoms with Crippen molar-refractivity contribution in [2.45, 2.75) is 13.0 Å². The van der Waals surface area contributed by atoms with Crippen molar-refractivity contribution < 1.29 is 10.1 Å². The lowest BCUT2D eigenvalue weighted by Crippen LogP contribution is -2.50. The highest BCUT2D eigenvalue weighted by molar-refractivity contribution is 5.99. The molecule has 9 nitrogen and oxygen atoms in total. The lowest BCUT2D eigenvalue weighted by molar-refractivity contribution is -0.385. The number of anilines is 1. The first kappa shape index (κ1) is 15.0. The van der Waals surface area contributed by atoms with E-state index in [1.54, 1.807) is 6.07 Å². The first-order valence-corrected chi connectivity index (χ1v) is 6.52. The highest BCUT2D eigenvalue weighted by Gasteiger charge is 2.25. The zero-order valence-electron chi connectivity index (χ0n) is 11.9. The lowest BCUT2D eigenvalue weighted by atomic mass is 10.2. The van der Waals surface area contributed by atoms with E-state index in [-0.39, 0.29) is 17.2 Å². The van der Waals surface area contributed by atoms with Crippen molar-refractivity contribution in [1.29, 1.82) is 0 Å². The first-order chi connectivity index (χ1) is 9.93. The molecule has 114 valence electrons. The van der Waals surface area contributed by atoms with E-state index in [0.29, 0.717) is 11.9 Å². The Hall–Kier alpha value is -2.42. The zero-order valence-corrected chi connectivity index (χ0v) is 11.9. The van der Waals surface area contributed by atoms with Crippen LogP contribution in [0.25, 0.3) is 0 Å². The van der Waals surface area contributed by atoms with Crippen LogP contribution in [0.3, 0.4) is 0 Å². The van der Waals surface area contributed by atoms with Crippen LogP contribution in [-0.2, 0) is 0 Å². The Bertz CT molecular complexity index is 576. The molecule has 1 saturated heterocycles. The molecule has 1 aromatic rings. The second-order valence-electron chi connectivity index (χ2n) is 5.06. The van der Waals surface area contributed by atoms with Crippen molar-refractivity contribution in [2.24, 2.45) is 10.9 Å². The second-order valence-corrected chi connectivity index (χ2v) is 5.06. The Morgan fingerprint density at radius 3 is 2.86 bits per heavy atom. The van der Waals surface area contributed by atoms with Gasteiger partial charge in [-0.3, -0.25) is 10.1 Å². The molecule has 3 N–H and O–H groups in total. The van der Waals surface area contributed by atoms with E-state index in [1.807, 2.05) is 11.9 Å². The lowest BCUT2D eigenvalue weighted by Gasteiger charge is -2.38. The Balaban J connectivity index is 2.36. The highest BCUT2D eigenvalue weighted by atomic mass is 16.6. The molecule has 0 aromatic carbocycles. The summed E-state index contributed by atoms with van der Waals surface area (Å²) in [5, 5.41) is 22.5. The number of aromatic nitrogens is 1. The monoisotopic (exact) mass is 294 g/mol. The molecular formula is C12H18N6O3. The van der Waals surface area contributed by atoms with Crippen molar-refractivity contribution in [3.8, 4) is 0 Å². The Labute approximate surface area is 121 Å². The molecule has 1 aliphatic heterocycles. The van der Waals surface area contributed by atoms with Crippen LogP contribution in [0.1, 0.15) is 12.6 Å². The molecule has 1 unspecified atom stereocenters. The van der Waals surface area contributed by atoms with Crippen LogP contribution in [0, 0.1) is 10.1 Å². The average molecular weight is 294 g/mol. The van der Waals surface area contributed by atoms with Crippen molar-refractivity contribution in [1.82, 2.24) is 9.88 Å². The molecule has 9 heteroatoms. The SMILES string of the molecule is CC1CN(c2ccc([N+](=O)[O-])c(/C(N)=N/O)n2)CCN1C. The number of pyridine rings is 1. The molecule has 0 radical (unpaired) electrons. The fourth-order valence-corrected chi connectivity index (χ4v) is 2.26. The molecule has 0 saturated carbocycles. The Morgan fingerprint density at radius 2 is 2.29 bits per heavy atom. The standard InChI is InChI=1S/C12H18N6O3/c1-8-7-17(6-5-16(8)2)10-4-3-9(18(20)21)11(14-10)12(13)15-19/h3-4,8,19H,5-7H2,1-2H3,(H2,13,15). The summed E-state index contributed by atoms with van der Waals surface area (Å²) in [6.45, 7) is 4.50. The summed E-state index contributed by atoms with van der Waals surface area (Å²) < 4.78 is 0. The van der Waals surface area contributed by atoms with Crippen molar-refractivity contribution in [2.75, 3.05) is 31.6 Å². The van der Waals surface area contributed by atoms with Gasteiger partial charge in [0.1, 0.15) is 5.82 Å². The van der Waals surface area contributed by atoms with E-state index in [4.69, 9.17) is 10.9 Å². The van der Waals surface area contributed by atoms with E-state index in [9.17, 15) is 10.1 Å². The van der Waals surface area contributed by atoms with Gasteiger partial charge in [0.05, 0.1) is 4.92 Å². The normalized spacial score (nSPS) is 20.6. The summed E-state index contributed by atoms with van der Waals surface area (Å²) >= 11 is 0. The topological polar surface area (TPSA) is 121 Å². The number of nitro groups is 1. The molecule has 0 aliphatic carbocycles. The van der Waals surface area contributed by atoms with Gasteiger partial charge in [0.25, 0.3) is 5.69 Å². The Morgan fingerprint density at radius 1 is 1.57 bits per heavy atom. The van der Waals surface area contributed by atoms with Crippen LogP contribution < -0.4 is 10.6 Å². The number of likely N-dealkylation sites (N-methyl/N-ethyl adjacent to an activating group) is 1. The van der Waals surface area contributed by atoms with Gasteiger partial charge in [0.2, 0.25) is 0 Å². The molecule has 0 bridgehead atoms. The fourth-order valence-electron chi connectivity index (χ4n) is 2.26. The maximum Gasteiger partial charge on any atom is 0.298 e. The van der Waals surface area contributed by atoms with Gasteiger partial charge in [-0.25, -0.2) is 4.98 Å². The molecule has 1 atom stereocenters. The van der Waals surface area contributed by atoms with Gasteiger partial charge in [-0.05, 0) is 20.0 Å². The number of amidine groups is 1. The summed E-state index contributed by atoms with van der Waals surface area (Å²) in [4.78, 5) is 18.8. The van der Waals surface area contributed by atoms with Gasteiger partial charge < -0.3 is 20.7 Å². The van der Waals surface area contributed by atoms with Crippen LogP contribution in [-0.4, -0.2) is 58.6 Å². The van der Waals surface area contributed by atoms with Gasteiger partial charge in [0.15, 0.2) is 11.5 Å². The molecule has 2 rings (SSSR count). The largest absolute Gasteiger partial charge is 0.409 e. The van der Waals surface area contributed by atoms with E-state index in [0.717, 1.165) is 19.6 Å². The van der Waals surface area contributed by atoms with Gasteiger partial charge in [-0.2, -0.15) is 0 Å². The zero-order chi connectivity index (χ0) is 15.6. The third kappa shape index (κ3) is 3.02. The summed E-state index contributed by atoms with van der Waals surface area (Å²) in [7, 11) is 2.05. The predicted molar refractivity (Wildman–Crippen MR) is 77.7 cm³/mol. The van der Waals surface area contributed by atoms with Crippen LogP contribution in [0.5, 0.6) is 0 Å². The molecule has 1 aromatic heterocycles. The van der Waals surface area contributed by atoms with Crippen LogP contribution >= 0.6 is 0 Å². The van der Waals surface area contributed by atoms with Crippen molar-refractivity contribution >= 4 is 17.3 Å². The number of nitrogens with zero attached hydrogens (tertiary/aromatic N) is 5. The number of piperazine rings is 1. The van der Waals surface area contributed by atoms with E-state index in [2.05, 4.69) is 22.0 Å². The Kier molecular flexibility index (Phi) is 4.22. The minimum Gasteiger partial charge on any atom is -0.409 e. The molecule has 0 spiro atoms. The molecular weight excluding hydrogens is 276 g/mol. The molecule has 2 heterocycles. The van der Waals surface area contributed by atoms with Gasteiger partial charge >= 0.3 is 0 Å². The highest BCUT2D eigenvalue weighted by Crippen LogP contribution is 2.23. The maximum absolute atomic E-state index is 11.0.